The zero-order valence-corrected chi connectivity index (χ0v) is 65.0. The normalized spacial score (nSPS) is 11.6. The van der Waals surface area contributed by atoms with Crippen LogP contribution in [0.1, 0.15) is 101 Å². The van der Waals surface area contributed by atoms with Crippen LogP contribution in [0.5, 0.6) is 0 Å². The van der Waals surface area contributed by atoms with Gasteiger partial charge in [0.15, 0.2) is 75.6 Å². The highest BCUT2D eigenvalue weighted by Crippen LogP contribution is 2.34. The molecule has 0 unspecified atom stereocenters. The number of carbonyl (C=O) groups excluding carboxylic acids is 3. The van der Waals surface area contributed by atoms with Gasteiger partial charge < -0.3 is 46.6 Å². The molecule has 0 spiro atoms. The van der Waals surface area contributed by atoms with Crippen molar-refractivity contribution in [3.05, 3.63) is 172 Å². The van der Waals surface area contributed by atoms with E-state index in [9.17, 15) is 39.6 Å². The van der Waals surface area contributed by atoms with Gasteiger partial charge in [-0.05, 0) is 164 Å². The SMILES string of the molecule is CC(C)S(=O)(=O)c1ccc(-c2cnc(N)c(-c3nnc(-c4ccc(CCC(=O)OC(C)(C)C)cc4Cl)o3)n2)cc1.CC(C)S(=O)(=O)c1ccc(-c2cnc(N)c(C(=O)NN)n2)cc1.CNCc1ccc(-c2nnc(-c3nc(-c4ccc(S(=O)(=O)C(C)C)cc4)cnc3N)o2)cc1.COC(=O)c1nc(Br)cnc1N. The number of rotatable bonds is 20. The number of anilines is 4. The monoisotopic (exact) mass is 1610 g/mol. The molecule has 0 saturated heterocycles. The summed E-state index contributed by atoms with van der Waals surface area (Å²) in [5.41, 5.74) is 31.4. The Morgan fingerprint density at radius 2 is 0.926 bits per heavy atom. The molecule has 5 aromatic carbocycles. The number of aromatic nitrogens is 12. The zero-order chi connectivity index (χ0) is 79.2. The number of nitrogens with zero attached hydrogens (tertiary/aromatic N) is 12. The van der Waals surface area contributed by atoms with Crippen molar-refractivity contribution in [3.63, 3.8) is 0 Å². The number of aryl methyl sites for hydroxylation is 1. The summed E-state index contributed by atoms with van der Waals surface area (Å²) < 4.78 is 95.7. The lowest BCUT2D eigenvalue weighted by atomic mass is 10.1. The second-order valence-electron chi connectivity index (χ2n) is 25.2. The lowest BCUT2D eigenvalue weighted by molar-refractivity contribution is -0.154. The van der Waals surface area contributed by atoms with Gasteiger partial charge in [-0.3, -0.25) is 15.0 Å². The van der Waals surface area contributed by atoms with E-state index in [1.807, 2.05) is 63.6 Å². The molecule has 108 heavy (non-hydrogen) atoms. The van der Waals surface area contributed by atoms with Crippen molar-refractivity contribution >= 4 is 98.2 Å². The van der Waals surface area contributed by atoms with Crippen molar-refractivity contribution in [1.29, 1.82) is 0 Å². The summed E-state index contributed by atoms with van der Waals surface area (Å²) >= 11 is 9.56. The van der Waals surface area contributed by atoms with Crippen LogP contribution in [0.4, 0.5) is 23.3 Å². The lowest BCUT2D eigenvalue weighted by Gasteiger charge is -2.19. The van der Waals surface area contributed by atoms with Crippen molar-refractivity contribution in [2.24, 2.45) is 5.84 Å². The van der Waals surface area contributed by atoms with Crippen molar-refractivity contribution in [2.75, 3.05) is 37.1 Å². The van der Waals surface area contributed by atoms with Gasteiger partial charge in [0.25, 0.3) is 17.7 Å². The van der Waals surface area contributed by atoms with Gasteiger partial charge in [-0.25, -0.2) is 75.8 Å². The quantitative estimate of drug-likeness (QED) is 0.0161. The van der Waals surface area contributed by atoms with Gasteiger partial charge in [0, 0.05) is 35.2 Å². The molecule has 0 saturated carbocycles. The highest BCUT2D eigenvalue weighted by molar-refractivity contribution is 9.10. The zero-order valence-electron chi connectivity index (χ0n) is 60.2. The van der Waals surface area contributed by atoms with Gasteiger partial charge in [-0.1, -0.05) is 66.2 Å². The number of benzene rings is 5. The van der Waals surface area contributed by atoms with Gasteiger partial charge in [0.05, 0.1) is 90.0 Å². The Labute approximate surface area is 635 Å². The molecule has 6 aromatic heterocycles. The number of hydrogen-bond acceptors (Lipinski definition) is 31. The summed E-state index contributed by atoms with van der Waals surface area (Å²) in [5.74, 6) is 4.48. The molecule has 0 radical (unpaired) electrons. The molecule has 0 aliphatic heterocycles. The predicted molar refractivity (Wildman–Crippen MR) is 409 cm³/mol. The molecular formula is C71H77BrClN19O13S3. The number of hydrazine groups is 1. The summed E-state index contributed by atoms with van der Waals surface area (Å²) in [6.45, 7) is 16.0. The Kier molecular flexibility index (Phi) is 27.1. The van der Waals surface area contributed by atoms with E-state index in [1.54, 1.807) is 102 Å². The minimum Gasteiger partial charge on any atom is -0.464 e. The van der Waals surface area contributed by atoms with Crippen molar-refractivity contribution in [1.82, 2.24) is 71.0 Å². The number of nitrogen functional groups attached to an aromatic ring is 5. The first-order valence-electron chi connectivity index (χ1n) is 32.7. The van der Waals surface area contributed by atoms with Crippen molar-refractivity contribution < 1.29 is 57.9 Å². The lowest BCUT2D eigenvalue weighted by Crippen LogP contribution is -2.31. The Hall–Kier alpha value is -11.2. The van der Waals surface area contributed by atoms with E-state index in [0.717, 1.165) is 23.2 Å². The molecule has 566 valence electrons. The Morgan fingerprint density at radius 3 is 1.35 bits per heavy atom. The second kappa shape index (κ2) is 35.5. The highest BCUT2D eigenvalue weighted by atomic mass is 79.9. The number of nitrogens with one attached hydrogen (secondary N) is 2. The maximum Gasteiger partial charge on any atom is 0.360 e. The summed E-state index contributed by atoms with van der Waals surface area (Å²) in [6, 6.07) is 32.1. The number of hydrogen-bond donors (Lipinski definition) is 7. The molecular weight excluding hydrogens is 1540 g/mol. The summed E-state index contributed by atoms with van der Waals surface area (Å²) in [6.07, 6.45) is 6.49. The van der Waals surface area contributed by atoms with E-state index in [0.29, 0.717) is 61.3 Å². The Bertz CT molecular complexity index is 5400. The molecule has 32 nitrogen and oxygen atoms in total. The third-order valence-corrected chi connectivity index (χ3v) is 22.5. The molecule has 0 fully saturated rings. The molecule has 1 amide bonds. The van der Waals surface area contributed by atoms with E-state index in [1.165, 1.54) is 56.2 Å². The molecule has 11 rings (SSSR count). The third kappa shape index (κ3) is 20.7. The number of halogens is 2. The third-order valence-electron chi connectivity index (χ3n) is 15.3. The van der Waals surface area contributed by atoms with Crippen molar-refractivity contribution in [3.8, 4) is 79.8 Å². The van der Waals surface area contributed by atoms with Crippen LogP contribution in [-0.4, -0.2) is 139 Å². The number of esters is 2. The van der Waals surface area contributed by atoms with E-state index in [2.05, 4.69) is 86.3 Å². The maximum atomic E-state index is 12.4. The standard InChI is InChI=1S/C28H30ClN5O5S.C23H24N6O3S.C14H17N5O3S.C6H6BrN3O2/c1-16(2)40(36,37)19-10-8-18(9-11-19)22-15-31-25(30)24(32-22)27-34-33-26(38-27)20-12-6-17(14-21(20)29)7-13-23(35)39-28(3,4)5;1-14(2)33(30,31)18-10-8-16(9-11-18)19-13-26-21(24)20(27-19)23-29-28-22(32-23)17-6-4-15(5-7-17)12-25-3;1-8(2)23(21,22)10-5-3-9(4-6-10)11-7-17-13(15)12(18-11)14(20)19-16;1-12-6(11)4-5(8)9-2-3(7)10-4/h6,8-12,14-16H,7,13H2,1-5H3,(H2,30,31);4-11,13-14,25H,12H2,1-3H3,(H2,24,26);3-8H,16H2,1-2H3,(H2,15,17)(H,19,20);2H,1H3,(H2,8,9). The molecule has 6 heterocycles. The molecule has 37 heteroatoms. The average molecular weight is 1620 g/mol. The molecule has 11 aromatic rings. The minimum absolute atomic E-state index is 0.0203. The average Bonchev–Trinajstić information content (AvgIpc) is 1.75. The fraction of sp³-hybridized carbons (Fsp3) is 0.254. The van der Waals surface area contributed by atoms with E-state index < -0.39 is 62.7 Å². The number of ether oxygens (including phenoxy) is 2. The van der Waals surface area contributed by atoms with Crippen LogP contribution in [0, 0.1) is 0 Å². The van der Waals surface area contributed by atoms with Gasteiger partial charge in [0.1, 0.15) is 10.2 Å². The summed E-state index contributed by atoms with van der Waals surface area (Å²) in [7, 11) is -6.96. The first-order valence-corrected chi connectivity index (χ1v) is 38.5. The Balaban J connectivity index is 0.000000194. The molecule has 0 atom stereocenters. The smallest absolute Gasteiger partial charge is 0.360 e. The highest BCUT2D eigenvalue weighted by Gasteiger charge is 2.26. The maximum absolute atomic E-state index is 12.4. The number of methoxy groups -OCH3 is 1. The summed E-state index contributed by atoms with van der Waals surface area (Å²) in [5, 5.41) is 18.3. The fourth-order valence-corrected chi connectivity index (χ4v) is 13.2. The molecule has 12 N–H and O–H groups in total. The number of nitrogens with two attached hydrogens (primary N) is 5. The molecule has 0 aliphatic carbocycles. The van der Waals surface area contributed by atoms with Crippen LogP contribution in [0.25, 0.3) is 79.8 Å². The number of carbonyl (C=O) groups is 3. The predicted octanol–water partition coefficient (Wildman–Crippen LogP) is 10.0. The molecule has 0 bridgehead atoms. The van der Waals surface area contributed by atoms with Gasteiger partial charge >= 0.3 is 11.9 Å². The van der Waals surface area contributed by atoms with Crippen LogP contribution >= 0.6 is 27.5 Å². The second-order valence-corrected chi connectivity index (χ2v) is 33.9. The molecule has 0 aliphatic rings. The van der Waals surface area contributed by atoms with Gasteiger partial charge in [0.2, 0.25) is 11.8 Å². The van der Waals surface area contributed by atoms with Crippen LogP contribution in [0.3, 0.4) is 0 Å². The van der Waals surface area contributed by atoms with Gasteiger partial charge in [-0.15, -0.1) is 20.4 Å². The first-order chi connectivity index (χ1) is 50.9. The van der Waals surface area contributed by atoms with Crippen LogP contribution in [0.15, 0.2) is 168 Å². The first kappa shape index (κ1) is 82.5. The minimum atomic E-state index is -3.40. The topological polar surface area (TPSA) is 507 Å². The van der Waals surface area contributed by atoms with E-state index >= 15 is 0 Å². The van der Waals surface area contributed by atoms with Gasteiger partial charge in [-0.2, -0.15) is 0 Å². The van der Waals surface area contributed by atoms with Crippen LogP contribution in [-0.2, 0) is 56.7 Å². The summed E-state index contributed by atoms with van der Waals surface area (Å²) in [4.78, 5) is 68.3. The van der Waals surface area contributed by atoms with E-state index in [-0.39, 0.29) is 90.8 Å². The van der Waals surface area contributed by atoms with Crippen molar-refractivity contribution in [2.45, 2.75) is 118 Å². The van der Waals surface area contributed by atoms with Crippen LogP contribution < -0.4 is 39.5 Å². The van der Waals surface area contributed by atoms with Crippen LogP contribution in [0.2, 0.25) is 5.02 Å². The number of amides is 1. The largest absolute Gasteiger partial charge is 0.464 e. The number of sulfone groups is 3. The Morgan fingerprint density at radius 1 is 0.528 bits per heavy atom. The fourth-order valence-electron chi connectivity index (χ4n) is 9.41. The van der Waals surface area contributed by atoms with E-state index in [4.69, 9.17) is 53.9 Å².